The van der Waals surface area contributed by atoms with Crippen LogP contribution in [-0.2, 0) is 14.6 Å². The zero-order valence-corrected chi connectivity index (χ0v) is 10.9. The highest BCUT2D eigenvalue weighted by atomic mass is 32.2. The van der Waals surface area contributed by atoms with Crippen LogP contribution < -0.4 is 5.32 Å². The molecule has 96 valence electrons. The van der Waals surface area contributed by atoms with E-state index in [0.717, 1.165) is 6.26 Å². The largest absolute Gasteiger partial charge is 0.324 e. The molecule has 0 bridgehead atoms. The number of ketones is 1. The number of rotatable bonds is 4. The fourth-order valence-corrected chi connectivity index (χ4v) is 1.93. The molecule has 0 aliphatic rings. The third-order valence-corrected chi connectivity index (χ3v) is 3.27. The molecule has 1 aromatic rings. The zero-order valence-electron chi connectivity index (χ0n) is 10.1. The summed E-state index contributed by atoms with van der Waals surface area (Å²) in [6, 6.07) is 5.44. The first-order valence-electron chi connectivity index (χ1n) is 5.03. The Morgan fingerprint density at radius 3 is 2.06 bits per heavy atom. The van der Waals surface area contributed by atoms with Gasteiger partial charge < -0.3 is 5.32 Å². The topological polar surface area (TPSA) is 80.3 Å². The minimum atomic E-state index is -3.29. The highest BCUT2D eigenvalue weighted by Crippen LogP contribution is 2.12. The Labute approximate surface area is 105 Å². The van der Waals surface area contributed by atoms with Gasteiger partial charge in [0.15, 0.2) is 9.84 Å². The molecule has 18 heavy (non-hydrogen) atoms. The summed E-state index contributed by atoms with van der Waals surface area (Å²) in [7, 11) is -3.29. The molecule has 0 aliphatic carbocycles. The second-order valence-corrected chi connectivity index (χ2v) is 5.80. The van der Waals surface area contributed by atoms with Gasteiger partial charge in [0, 0.05) is 18.7 Å². The number of hydrogen-bond acceptors (Lipinski definition) is 4. The molecule has 0 saturated carbocycles. The van der Waals surface area contributed by atoms with Crippen molar-refractivity contribution in [2.45, 2.75) is 11.8 Å². The molecule has 0 atom stereocenters. The van der Waals surface area contributed by atoms with Gasteiger partial charge in [0.05, 0.1) is 10.6 Å². The molecule has 5 nitrogen and oxygen atoms in total. The molecule has 0 saturated heterocycles. The highest BCUT2D eigenvalue weighted by molar-refractivity contribution is 7.90. The van der Waals surface area contributed by atoms with Gasteiger partial charge in [-0.2, -0.15) is 0 Å². The van der Waals surface area contributed by atoms with E-state index in [-0.39, 0.29) is 22.1 Å². The van der Waals surface area contributed by atoms with E-state index in [0.29, 0.717) is 0 Å². The molecular weight excluding hydrogens is 254 g/mol. The van der Waals surface area contributed by atoms with Crippen molar-refractivity contribution < 1.29 is 18.0 Å². The minimum Gasteiger partial charge on any atom is -0.324 e. The van der Waals surface area contributed by atoms with Crippen molar-refractivity contribution in [1.29, 1.82) is 0 Å². The lowest BCUT2D eigenvalue weighted by molar-refractivity contribution is -0.118. The van der Waals surface area contributed by atoms with Gasteiger partial charge in [0.25, 0.3) is 0 Å². The molecule has 1 N–H and O–H groups in total. The average Bonchev–Trinajstić information content (AvgIpc) is 2.26. The number of amides is 1. The van der Waals surface area contributed by atoms with Crippen LogP contribution in [0.3, 0.4) is 0 Å². The summed E-state index contributed by atoms with van der Waals surface area (Å²) in [5, 5.41) is 2.28. The van der Waals surface area contributed by atoms with Crippen LogP contribution in [0, 0.1) is 0 Å². The first-order valence-corrected chi connectivity index (χ1v) is 6.92. The van der Waals surface area contributed by atoms with Crippen molar-refractivity contribution in [1.82, 2.24) is 5.32 Å². The van der Waals surface area contributed by atoms with Crippen molar-refractivity contribution >= 4 is 21.5 Å². The molecule has 1 amide bonds. The van der Waals surface area contributed by atoms with Crippen LogP contribution in [0.1, 0.15) is 17.3 Å². The van der Waals surface area contributed by atoms with Crippen LogP contribution in [0.5, 0.6) is 0 Å². The van der Waals surface area contributed by atoms with Gasteiger partial charge in [-0.1, -0.05) is 6.58 Å². The number of carbonyl (C=O) groups excluding carboxylic acids is 2. The van der Waals surface area contributed by atoms with E-state index < -0.39 is 15.6 Å². The summed E-state index contributed by atoms with van der Waals surface area (Å²) >= 11 is 0. The Kier molecular flexibility index (Phi) is 4.03. The van der Waals surface area contributed by atoms with Crippen LogP contribution in [0.4, 0.5) is 0 Å². The molecule has 0 heterocycles. The van der Waals surface area contributed by atoms with Gasteiger partial charge in [-0.3, -0.25) is 9.59 Å². The van der Waals surface area contributed by atoms with Crippen molar-refractivity contribution in [2.24, 2.45) is 0 Å². The molecular formula is C12H13NO4S. The first-order chi connectivity index (χ1) is 8.21. The quantitative estimate of drug-likeness (QED) is 0.650. The van der Waals surface area contributed by atoms with Crippen LogP contribution in [-0.4, -0.2) is 26.4 Å². The molecule has 0 aliphatic heterocycles. The van der Waals surface area contributed by atoms with Crippen LogP contribution in [0.2, 0.25) is 0 Å². The minimum absolute atomic E-state index is 0.0467. The summed E-state index contributed by atoms with van der Waals surface area (Å²) in [5.41, 5.74) is 0.218. The maximum absolute atomic E-state index is 11.8. The molecule has 0 spiro atoms. The Bertz CT molecular complexity index is 599. The Morgan fingerprint density at radius 2 is 1.67 bits per heavy atom. The van der Waals surface area contributed by atoms with E-state index in [1.165, 1.54) is 31.2 Å². The normalized spacial score (nSPS) is 10.8. The lowest BCUT2D eigenvalue weighted by Gasteiger charge is -2.05. The standard InChI is InChI=1S/C12H13NO4S/c1-8(13-9(2)14)12(15)10-4-6-11(7-5-10)18(3,16)17/h4-7H,1H2,2-3H3,(H,13,14). The second kappa shape index (κ2) is 5.14. The zero-order chi connectivity index (χ0) is 13.9. The summed E-state index contributed by atoms with van der Waals surface area (Å²) in [6.45, 7) is 4.71. The maximum Gasteiger partial charge on any atom is 0.221 e. The van der Waals surface area contributed by atoms with Crippen molar-refractivity contribution in [3.63, 3.8) is 0 Å². The summed E-state index contributed by atoms with van der Waals surface area (Å²) in [6.07, 6.45) is 1.08. The van der Waals surface area contributed by atoms with Gasteiger partial charge in [0.2, 0.25) is 11.7 Å². The number of Topliss-reactive ketones (excluding diaryl/α,β-unsaturated/α-hetero) is 1. The molecule has 0 radical (unpaired) electrons. The molecule has 0 aromatic heterocycles. The van der Waals surface area contributed by atoms with Gasteiger partial charge in [0.1, 0.15) is 0 Å². The lowest BCUT2D eigenvalue weighted by atomic mass is 10.1. The van der Waals surface area contributed by atoms with E-state index in [1.807, 2.05) is 0 Å². The van der Waals surface area contributed by atoms with E-state index in [4.69, 9.17) is 0 Å². The lowest BCUT2D eigenvalue weighted by Crippen LogP contribution is -2.24. The van der Waals surface area contributed by atoms with E-state index in [2.05, 4.69) is 11.9 Å². The molecule has 1 aromatic carbocycles. The van der Waals surface area contributed by atoms with Gasteiger partial charge >= 0.3 is 0 Å². The van der Waals surface area contributed by atoms with Gasteiger partial charge in [-0.25, -0.2) is 8.42 Å². The molecule has 1 rings (SSSR count). The maximum atomic E-state index is 11.8. The highest BCUT2D eigenvalue weighted by Gasteiger charge is 2.13. The van der Waals surface area contributed by atoms with E-state index in [9.17, 15) is 18.0 Å². The summed E-state index contributed by atoms with van der Waals surface area (Å²) in [5.74, 6) is -0.841. The first kappa shape index (κ1) is 14.1. The van der Waals surface area contributed by atoms with Crippen molar-refractivity contribution in [2.75, 3.05) is 6.26 Å². The monoisotopic (exact) mass is 267 g/mol. The Morgan fingerprint density at radius 1 is 1.17 bits per heavy atom. The number of benzene rings is 1. The smallest absolute Gasteiger partial charge is 0.221 e. The number of nitrogens with one attached hydrogen (secondary N) is 1. The third kappa shape index (κ3) is 3.53. The van der Waals surface area contributed by atoms with E-state index in [1.54, 1.807) is 0 Å². The van der Waals surface area contributed by atoms with Crippen molar-refractivity contribution in [3.8, 4) is 0 Å². The fourth-order valence-electron chi connectivity index (χ4n) is 1.30. The fraction of sp³-hybridized carbons (Fsp3) is 0.167. The number of allylic oxidation sites excluding steroid dienone is 1. The number of carbonyl (C=O) groups is 2. The van der Waals surface area contributed by atoms with Gasteiger partial charge in [-0.15, -0.1) is 0 Å². The molecule has 6 heteroatoms. The predicted octanol–water partition coefficient (Wildman–Crippen LogP) is 0.923. The van der Waals surface area contributed by atoms with Crippen molar-refractivity contribution in [3.05, 3.63) is 42.1 Å². The third-order valence-electron chi connectivity index (χ3n) is 2.15. The SMILES string of the molecule is C=C(NC(C)=O)C(=O)c1ccc(S(C)(=O)=O)cc1. The Hall–Kier alpha value is -1.95. The second-order valence-electron chi connectivity index (χ2n) is 3.79. The molecule has 0 unspecified atom stereocenters. The summed E-state index contributed by atoms with van der Waals surface area (Å²) < 4.78 is 22.5. The Balaban J connectivity index is 2.96. The molecule has 0 fully saturated rings. The number of sulfone groups is 1. The van der Waals surface area contributed by atoms with E-state index >= 15 is 0 Å². The average molecular weight is 267 g/mol. The van der Waals surface area contributed by atoms with Crippen LogP contribution in [0.25, 0.3) is 0 Å². The van der Waals surface area contributed by atoms with Crippen LogP contribution >= 0.6 is 0 Å². The summed E-state index contributed by atoms with van der Waals surface area (Å²) in [4.78, 5) is 22.7. The van der Waals surface area contributed by atoms with Crippen LogP contribution in [0.15, 0.2) is 41.4 Å². The predicted molar refractivity (Wildman–Crippen MR) is 66.8 cm³/mol. The van der Waals surface area contributed by atoms with Gasteiger partial charge in [-0.05, 0) is 24.3 Å². The number of hydrogen-bond donors (Lipinski definition) is 1.